The molecule has 1 saturated heterocycles. The molecule has 2 heterocycles. The van der Waals surface area contributed by atoms with Gasteiger partial charge in [0.05, 0.1) is 28.9 Å². The fraction of sp³-hybridized carbons (Fsp3) is 0.379. The number of aryl methyl sites for hydroxylation is 1. The van der Waals surface area contributed by atoms with Crippen molar-refractivity contribution in [3.63, 3.8) is 0 Å². The summed E-state index contributed by atoms with van der Waals surface area (Å²) < 4.78 is 80.6. The smallest absolute Gasteiger partial charge is 0.354 e. The second-order valence-electron chi connectivity index (χ2n) is 10.1. The Labute approximate surface area is 229 Å². The number of halogens is 6. The van der Waals surface area contributed by atoms with Crippen molar-refractivity contribution in [2.45, 2.75) is 32.1 Å². The Morgan fingerprint density at radius 3 is 2.02 bits per heavy atom. The fourth-order valence-electron chi connectivity index (χ4n) is 4.78. The van der Waals surface area contributed by atoms with Gasteiger partial charge in [0.25, 0.3) is 0 Å². The predicted molar refractivity (Wildman–Crippen MR) is 142 cm³/mol. The van der Waals surface area contributed by atoms with E-state index in [0.29, 0.717) is 23.4 Å². The Morgan fingerprint density at radius 2 is 1.48 bits per heavy atom. The minimum Gasteiger partial charge on any atom is -0.354 e. The van der Waals surface area contributed by atoms with Crippen LogP contribution in [0.15, 0.2) is 54.7 Å². The van der Waals surface area contributed by atoms with E-state index in [9.17, 15) is 31.1 Å². The van der Waals surface area contributed by atoms with Crippen LogP contribution in [0.4, 0.5) is 37.8 Å². The topological polar surface area (TPSA) is 39.7 Å². The number of pyridine rings is 1. The number of hydrogen-bond donors (Lipinski definition) is 0. The SMILES string of the molecule is Cc1ccccc1-c1cc(N2CCN(C)CC2)ncc1N(C)C(=O)C(C)c1cc(C(F)(F)F)cc(C(F)(F)F)c1. The molecule has 0 bridgehead atoms. The lowest BCUT2D eigenvalue weighted by Crippen LogP contribution is -2.44. The first-order valence-electron chi connectivity index (χ1n) is 12.7. The Hall–Kier alpha value is -3.60. The zero-order valence-electron chi connectivity index (χ0n) is 22.6. The molecule has 214 valence electrons. The lowest BCUT2D eigenvalue weighted by Gasteiger charge is -2.34. The normalized spacial score (nSPS) is 15.7. The molecule has 0 aliphatic carbocycles. The molecule has 0 radical (unpaired) electrons. The van der Waals surface area contributed by atoms with Crippen LogP contribution in [0.5, 0.6) is 0 Å². The number of benzene rings is 2. The maximum atomic E-state index is 13.6. The zero-order valence-corrected chi connectivity index (χ0v) is 22.6. The summed E-state index contributed by atoms with van der Waals surface area (Å²) in [6, 6.07) is 10.7. The Balaban J connectivity index is 1.75. The molecule has 1 unspecified atom stereocenters. The molecule has 1 amide bonds. The van der Waals surface area contributed by atoms with Crippen molar-refractivity contribution >= 4 is 17.4 Å². The van der Waals surface area contributed by atoms with Crippen LogP contribution in [0, 0.1) is 6.92 Å². The molecule has 1 atom stereocenters. The van der Waals surface area contributed by atoms with E-state index in [1.165, 1.54) is 25.1 Å². The van der Waals surface area contributed by atoms with Gasteiger partial charge in [-0.2, -0.15) is 26.3 Å². The minimum absolute atomic E-state index is 0.0572. The summed E-state index contributed by atoms with van der Waals surface area (Å²) in [5, 5.41) is 0. The number of amides is 1. The maximum absolute atomic E-state index is 13.6. The molecule has 2 aromatic carbocycles. The van der Waals surface area contributed by atoms with Gasteiger partial charge >= 0.3 is 12.4 Å². The fourth-order valence-corrected chi connectivity index (χ4v) is 4.78. The molecule has 1 fully saturated rings. The molecule has 0 N–H and O–H groups in total. The highest BCUT2D eigenvalue weighted by Gasteiger charge is 2.38. The molecule has 0 spiro atoms. The number of nitrogens with zero attached hydrogens (tertiary/aromatic N) is 4. The van der Waals surface area contributed by atoms with Crippen molar-refractivity contribution in [3.8, 4) is 11.1 Å². The van der Waals surface area contributed by atoms with Crippen LogP contribution in [0.2, 0.25) is 0 Å². The molecule has 11 heteroatoms. The van der Waals surface area contributed by atoms with Gasteiger partial charge in [-0.25, -0.2) is 4.98 Å². The van der Waals surface area contributed by atoms with E-state index < -0.39 is 35.3 Å². The summed E-state index contributed by atoms with van der Waals surface area (Å²) in [6.07, 6.45) is -8.48. The van der Waals surface area contributed by atoms with Crippen molar-refractivity contribution in [1.82, 2.24) is 9.88 Å². The van der Waals surface area contributed by atoms with Crippen LogP contribution in [0.1, 0.15) is 35.1 Å². The third-order valence-electron chi connectivity index (χ3n) is 7.30. The number of likely N-dealkylation sites (N-methyl/N-ethyl adjacent to an activating group) is 2. The number of carbonyl (C=O) groups excluding carboxylic acids is 1. The van der Waals surface area contributed by atoms with E-state index in [0.717, 1.165) is 43.1 Å². The first-order valence-corrected chi connectivity index (χ1v) is 12.7. The molecule has 5 nitrogen and oxygen atoms in total. The molecule has 40 heavy (non-hydrogen) atoms. The summed E-state index contributed by atoms with van der Waals surface area (Å²) in [4.78, 5) is 23.8. The van der Waals surface area contributed by atoms with E-state index in [1.54, 1.807) is 0 Å². The van der Waals surface area contributed by atoms with Crippen LogP contribution in [-0.2, 0) is 17.1 Å². The molecular weight excluding hydrogens is 534 g/mol. The first kappa shape index (κ1) is 29.4. The van der Waals surface area contributed by atoms with Crippen LogP contribution >= 0.6 is 0 Å². The second kappa shape index (κ2) is 11.1. The molecule has 4 rings (SSSR count). The largest absolute Gasteiger partial charge is 0.416 e. The van der Waals surface area contributed by atoms with Gasteiger partial charge in [0.1, 0.15) is 5.82 Å². The lowest BCUT2D eigenvalue weighted by atomic mass is 9.94. The van der Waals surface area contributed by atoms with Crippen molar-refractivity contribution < 1.29 is 31.1 Å². The quantitative estimate of drug-likeness (QED) is 0.327. The van der Waals surface area contributed by atoms with E-state index in [4.69, 9.17) is 0 Å². The molecule has 0 saturated carbocycles. The van der Waals surface area contributed by atoms with Gasteiger partial charge in [0, 0.05) is 38.8 Å². The second-order valence-corrected chi connectivity index (χ2v) is 10.1. The van der Waals surface area contributed by atoms with Crippen LogP contribution in [0.3, 0.4) is 0 Å². The number of carbonyl (C=O) groups is 1. The van der Waals surface area contributed by atoms with Crippen molar-refractivity contribution in [3.05, 3.63) is 77.0 Å². The van der Waals surface area contributed by atoms with Crippen molar-refractivity contribution in [2.75, 3.05) is 50.1 Å². The molecule has 1 aromatic heterocycles. The van der Waals surface area contributed by atoms with Crippen LogP contribution < -0.4 is 9.80 Å². The number of aromatic nitrogens is 1. The Morgan fingerprint density at radius 1 is 0.900 bits per heavy atom. The molecule has 1 aliphatic heterocycles. The minimum atomic E-state index is -5.01. The number of rotatable bonds is 5. The molecule has 1 aliphatic rings. The average molecular weight is 565 g/mol. The monoisotopic (exact) mass is 564 g/mol. The number of piperazine rings is 1. The van der Waals surface area contributed by atoms with Crippen molar-refractivity contribution in [2.24, 2.45) is 0 Å². The molecular formula is C29H30F6N4O. The van der Waals surface area contributed by atoms with Gasteiger partial charge in [-0.3, -0.25) is 4.79 Å². The summed E-state index contributed by atoms with van der Waals surface area (Å²) in [5.41, 5.74) is -0.450. The standard InChI is InChI=1S/C29H30F6N4O/c1-18-7-5-6-8-23(18)24-16-26(39-11-9-37(3)10-12-39)36-17-25(24)38(4)27(40)19(2)20-13-21(28(30,31)32)15-22(14-20)29(33,34)35/h5-8,13-17,19H,9-12H2,1-4H3. The third kappa shape index (κ3) is 6.24. The third-order valence-corrected chi connectivity index (χ3v) is 7.30. The summed E-state index contributed by atoms with van der Waals surface area (Å²) in [6.45, 7) is 6.46. The number of anilines is 2. The van der Waals surface area contributed by atoms with Gasteiger partial charge < -0.3 is 14.7 Å². The predicted octanol–water partition coefficient (Wildman–Crippen LogP) is 6.61. The highest BCUT2D eigenvalue weighted by Crippen LogP contribution is 2.39. The Bertz CT molecular complexity index is 1350. The van der Waals surface area contributed by atoms with Crippen molar-refractivity contribution in [1.29, 1.82) is 0 Å². The van der Waals surface area contributed by atoms with Gasteiger partial charge in [0.2, 0.25) is 5.91 Å². The van der Waals surface area contributed by atoms with Gasteiger partial charge in [-0.05, 0) is 61.9 Å². The lowest BCUT2D eigenvalue weighted by molar-refractivity contribution is -0.143. The van der Waals surface area contributed by atoms with Crippen LogP contribution in [-0.4, -0.2) is 56.1 Å². The van der Waals surface area contributed by atoms with Gasteiger partial charge in [-0.15, -0.1) is 0 Å². The van der Waals surface area contributed by atoms with E-state index in [2.05, 4.69) is 14.8 Å². The van der Waals surface area contributed by atoms with Crippen LogP contribution in [0.25, 0.3) is 11.1 Å². The zero-order chi connectivity index (χ0) is 29.4. The molecule has 3 aromatic rings. The Kier molecular flexibility index (Phi) is 8.16. The van der Waals surface area contributed by atoms with E-state index in [-0.39, 0.29) is 11.6 Å². The average Bonchev–Trinajstić information content (AvgIpc) is 2.91. The number of alkyl halides is 6. The number of hydrogen-bond acceptors (Lipinski definition) is 4. The van der Waals surface area contributed by atoms with E-state index >= 15 is 0 Å². The summed E-state index contributed by atoms with van der Waals surface area (Å²) >= 11 is 0. The first-order chi connectivity index (χ1) is 18.7. The van der Waals surface area contributed by atoms with Gasteiger partial charge in [0.15, 0.2) is 0 Å². The highest BCUT2D eigenvalue weighted by molar-refractivity contribution is 6.01. The summed E-state index contributed by atoms with van der Waals surface area (Å²) in [5.74, 6) is -1.25. The summed E-state index contributed by atoms with van der Waals surface area (Å²) in [7, 11) is 3.49. The van der Waals surface area contributed by atoms with E-state index in [1.807, 2.05) is 44.3 Å². The highest BCUT2D eigenvalue weighted by atomic mass is 19.4. The van der Waals surface area contributed by atoms with Gasteiger partial charge in [-0.1, -0.05) is 24.3 Å². The maximum Gasteiger partial charge on any atom is 0.416 e.